The summed E-state index contributed by atoms with van der Waals surface area (Å²) in [6, 6.07) is 8.93. The fourth-order valence-electron chi connectivity index (χ4n) is 4.08. The van der Waals surface area contributed by atoms with Gasteiger partial charge in [-0.15, -0.1) is 0 Å². The van der Waals surface area contributed by atoms with Crippen LogP contribution >= 0.6 is 0 Å². The van der Waals surface area contributed by atoms with E-state index in [9.17, 15) is 14.4 Å². The molecule has 2 aromatic rings. The lowest BCUT2D eigenvalue weighted by atomic mass is 9.90. The Labute approximate surface area is 162 Å². The van der Waals surface area contributed by atoms with Crippen LogP contribution < -0.4 is 16.6 Å². The molecule has 6 heteroatoms. The van der Waals surface area contributed by atoms with E-state index in [-0.39, 0.29) is 17.5 Å². The van der Waals surface area contributed by atoms with Gasteiger partial charge >= 0.3 is 0 Å². The number of nitrogens with two attached hydrogens (primary N) is 1. The lowest BCUT2D eigenvalue weighted by Gasteiger charge is -2.26. The summed E-state index contributed by atoms with van der Waals surface area (Å²) in [5.41, 5.74) is 9.38. The van der Waals surface area contributed by atoms with E-state index < -0.39 is 11.5 Å². The summed E-state index contributed by atoms with van der Waals surface area (Å²) >= 11 is 0. The lowest BCUT2D eigenvalue weighted by molar-refractivity contribution is 0.0932. The first-order chi connectivity index (χ1) is 13.5. The Morgan fingerprint density at radius 2 is 1.89 bits per heavy atom. The van der Waals surface area contributed by atoms with Crippen molar-refractivity contribution in [2.75, 3.05) is 0 Å². The van der Waals surface area contributed by atoms with Gasteiger partial charge in [-0.3, -0.25) is 14.4 Å². The molecular formula is C22H23N3O3. The quantitative estimate of drug-likeness (QED) is 0.763. The average molecular weight is 377 g/mol. The number of aromatic nitrogens is 1. The number of benzene rings is 1. The van der Waals surface area contributed by atoms with Crippen molar-refractivity contribution in [3.05, 3.63) is 74.7 Å². The fraction of sp³-hybridized carbons (Fsp3) is 0.318. The molecule has 6 nitrogen and oxygen atoms in total. The highest BCUT2D eigenvalue weighted by Crippen LogP contribution is 2.30. The monoisotopic (exact) mass is 377 g/mol. The molecule has 4 rings (SSSR count). The van der Waals surface area contributed by atoms with Crippen molar-refractivity contribution in [1.29, 1.82) is 0 Å². The third kappa shape index (κ3) is 3.50. The Hall–Kier alpha value is -3.15. The minimum absolute atomic E-state index is 0.0749. The average Bonchev–Trinajstić information content (AvgIpc) is 3.22. The third-order valence-electron chi connectivity index (χ3n) is 5.58. The number of carbonyl (C=O) groups excluding carboxylic acids is 2. The van der Waals surface area contributed by atoms with Gasteiger partial charge in [0, 0.05) is 11.3 Å². The van der Waals surface area contributed by atoms with Crippen LogP contribution in [0.4, 0.5) is 0 Å². The van der Waals surface area contributed by atoms with E-state index >= 15 is 0 Å². The van der Waals surface area contributed by atoms with Crippen LogP contribution in [-0.4, -0.2) is 16.8 Å². The summed E-state index contributed by atoms with van der Waals surface area (Å²) < 4.78 is 0. The molecule has 1 heterocycles. The Morgan fingerprint density at radius 1 is 1.11 bits per heavy atom. The van der Waals surface area contributed by atoms with Gasteiger partial charge in [-0.1, -0.05) is 18.2 Å². The molecule has 1 unspecified atom stereocenters. The summed E-state index contributed by atoms with van der Waals surface area (Å²) in [7, 11) is 0. The maximum atomic E-state index is 12.8. The van der Waals surface area contributed by atoms with Crippen molar-refractivity contribution >= 4 is 17.4 Å². The maximum Gasteiger partial charge on any atom is 0.261 e. The van der Waals surface area contributed by atoms with E-state index in [4.69, 9.17) is 5.73 Å². The first-order valence-electron chi connectivity index (χ1n) is 9.69. The molecule has 0 saturated carbocycles. The normalized spacial score (nSPS) is 18.3. The minimum Gasteiger partial charge on any atom is -0.365 e. The molecule has 144 valence electrons. The Morgan fingerprint density at radius 3 is 2.57 bits per heavy atom. The molecular weight excluding hydrogens is 354 g/mol. The van der Waals surface area contributed by atoms with Crippen LogP contribution in [0.3, 0.4) is 0 Å². The number of pyridine rings is 1. The van der Waals surface area contributed by atoms with Gasteiger partial charge in [-0.2, -0.15) is 0 Å². The first-order valence-corrected chi connectivity index (χ1v) is 9.69. The van der Waals surface area contributed by atoms with Crippen molar-refractivity contribution in [3.8, 4) is 0 Å². The molecule has 2 aliphatic carbocycles. The second-order valence-electron chi connectivity index (χ2n) is 7.43. The number of aryl methyl sites for hydroxylation is 1. The molecule has 4 N–H and O–H groups in total. The molecule has 1 aromatic heterocycles. The Bertz CT molecular complexity index is 1020. The number of H-pyrrole nitrogens is 1. The molecule has 1 aromatic carbocycles. The van der Waals surface area contributed by atoms with Crippen LogP contribution in [0.2, 0.25) is 0 Å². The van der Waals surface area contributed by atoms with Crippen molar-refractivity contribution in [1.82, 2.24) is 10.3 Å². The molecule has 1 atom stereocenters. The highest BCUT2D eigenvalue weighted by atomic mass is 16.2. The number of rotatable bonds is 4. The van der Waals surface area contributed by atoms with Crippen LogP contribution in [0, 0.1) is 0 Å². The SMILES string of the molecule is NC(=O)c1cc2c([nH]c1=O)CCCC2NC(=O)c1ccc(C2=CCCC2)cc1. The van der Waals surface area contributed by atoms with Crippen molar-refractivity contribution in [2.45, 2.75) is 44.6 Å². The Balaban J connectivity index is 1.55. The number of fused-ring (bicyclic) bond motifs is 1. The van der Waals surface area contributed by atoms with Gasteiger partial charge in [-0.25, -0.2) is 0 Å². The minimum atomic E-state index is -0.767. The standard InChI is InChI=1S/C22H23N3O3/c23-20(26)17-12-16-18(6-3-7-19(16)25-22(17)28)24-21(27)15-10-8-14(9-11-15)13-4-1-2-5-13/h4,8-12,18H,1-3,5-7H2,(H2,23,26)(H,24,27)(H,25,28). The molecule has 0 saturated heterocycles. The molecule has 2 aliphatic rings. The smallest absolute Gasteiger partial charge is 0.261 e. The second-order valence-corrected chi connectivity index (χ2v) is 7.43. The van der Waals surface area contributed by atoms with E-state index in [1.165, 1.54) is 23.6 Å². The van der Waals surface area contributed by atoms with Gasteiger partial charge in [-0.05, 0) is 73.4 Å². The number of allylic oxidation sites excluding steroid dienone is 2. The molecule has 0 aliphatic heterocycles. The number of carbonyl (C=O) groups is 2. The number of aromatic amines is 1. The van der Waals surface area contributed by atoms with Gasteiger partial charge in [0.25, 0.3) is 17.4 Å². The predicted molar refractivity (Wildman–Crippen MR) is 107 cm³/mol. The van der Waals surface area contributed by atoms with Crippen molar-refractivity contribution < 1.29 is 9.59 Å². The van der Waals surface area contributed by atoms with Gasteiger partial charge < -0.3 is 16.0 Å². The maximum absolute atomic E-state index is 12.8. The molecule has 0 bridgehead atoms. The fourth-order valence-corrected chi connectivity index (χ4v) is 4.08. The van der Waals surface area contributed by atoms with E-state index in [1.54, 1.807) is 0 Å². The highest BCUT2D eigenvalue weighted by molar-refractivity contribution is 5.95. The summed E-state index contributed by atoms with van der Waals surface area (Å²) in [4.78, 5) is 39.0. The van der Waals surface area contributed by atoms with Crippen LogP contribution in [-0.2, 0) is 6.42 Å². The summed E-state index contributed by atoms with van der Waals surface area (Å²) in [5, 5.41) is 3.04. The van der Waals surface area contributed by atoms with Crippen LogP contribution in [0.25, 0.3) is 5.57 Å². The number of amides is 2. The first kappa shape index (κ1) is 18.2. The molecule has 28 heavy (non-hydrogen) atoms. The highest BCUT2D eigenvalue weighted by Gasteiger charge is 2.25. The molecule has 2 amide bonds. The van der Waals surface area contributed by atoms with E-state index in [1.807, 2.05) is 24.3 Å². The van der Waals surface area contributed by atoms with Crippen molar-refractivity contribution in [2.24, 2.45) is 5.73 Å². The zero-order chi connectivity index (χ0) is 19.7. The lowest BCUT2D eigenvalue weighted by Crippen LogP contribution is -2.34. The summed E-state index contributed by atoms with van der Waals surface area (Å²) in [6.07, 6.45) is 7.95. The number of hydrogen-bond donors (Lipinski definition) is 3. The predicted octanol–water partition coefficient (Wildman–Crippen LogP) is 2.85. The topological polar surface area (TPSA) is 105 Å². The van der Waals surface area contributed by atoms with Gasteiger partial charge in [0.05, 0.1) is 6.04 Å². The van der Waals surface area contributed by atoms with Crippen molar-refractivity contribution in [3.63, 3.8) is 0 Å². The molecule has 0 fully saturated rings. The van der Waals surface area contributed by atoms with Crippen LogP contribution in [0.5, 0.6) is 0 Å². The van der Waals surface area contributed by atoms with E-state index in [0.717, 1.165) is 36.9 Å². The zero-order valence-corrected chi connectivity index (χ0v) is 15.6. The van der Waals surface area contributed by atoms with Gasteiger partial charge in [0.15, 0.2) is 0 Å². The van der Waals surface area contributed by atoms with Crippen LogP contribution in [0.1, 0.15) is 75.7 Å². The number of primary amides is 1. The molecule has 0 spiro atoms. The number of nitrogens with one attached hydrogen (secondary N) is 2. The van der Waals surface area contributed by atoms with Gasteiger partial charge in [0.1, 0.15) is 5.56 Å². The Kier molecular flexibility index (Phi) is 4.86. The summed E-state index contributed by atoms with van der Waals surface area (Å²) in [5.74, 6) is -0.937. The zero-order valence-electron chi connectivity index (χ0n) is 15.6. The van der Waals surface area contributed by atoms with E-state index in [2.05, 4.69) is 16.4 Å². The molecule has 0 radical (unpaired) electrons. The third-order valence-corrected chi connectivity index (χ3v) is 5.58. The number of hydrogen-bond acceptors (Lipinski definition) is 3. The second kappa shape index (κ2) is 7.46. The van der Waals surface area contributed by atoms with Gasteiger partial charge in [0.2, 0.25) is 0 Å². The largest absolute Gasteiger partial charge is 0.365 e. The van der Waals surface area contributed by atoms with Crippen LogP contribution in [0.15, 0.2) is 41.2 Å². The van der Waals surface area contributed by atoms with E-state index in [0.29, 0.717) is 12.0 Å². The summed E-state index contributed by atoms with van der Waals surface area (Å²) in [6.45, 7) is 0.